The lowest BCUT2D eigenvalue weighted by Gasteiger charge is -2.07. The van der Waals surface area contributed by atoms with Crippen molar-refractivity contribution in [2.45, 2.75) is 25.4 Å². The normalized spacial score (nSPS) is 11.7. The molecule has 0 bridgehead atoms. The number of fused-ring (bicyclic) bond motifs is 1. The minimum absolute atomic E-state index is 0.215. The van der Waals surface area contributed by atoms with Crippen molar-refractivity contribution in [3.63, 3.8) is 0 Å². The molecule has 0 N–H and O–H groups in total. The van der Waals surface area contributed by atoms with Gasteiger partial charge in [0.2, 0.25) is 5.78 Å². The summed E-state index contributed by atoms with van der Waals surface area (Å²) < 4.78 is 36.2. The van der Waals surface area contributed by atoms with Crippen molar-refractivity contribution in [1.82, 2.24) is 0 Å². The Kier molecular flexibility index (Phi) is 3.88. The summed E-state index contributed by atoms with van der Waals surface area (Å²) in [5.74, 6) is -1.65. The molecule has 0 unspecified atom stereocenters. The second-order valence-corrected chi connectivity index (χ2v) is 4.41. The van der Waals surface area contributed by atoms with Crippen LogP contribution in [0, 0.1) is 0 Å². The van der Waals surface area contributed by atoms with Gasteiger partial charge in [0.15, 0.2) is 0 Å². The van der Waals surface area contributed by atoms with Crippen LogP contribution in [0.4, 0.5) is 13.2 Å². The largest absolute Gasteiger partial charge is 0.449 e. The molecule has 0 aliphatic rings. The number of Topliss-reactive ketones (excluding diaryl/α,β-unsaturated/α-hetero) is 1. The smallest absolute Gasteiger partial charge is 0.290 e. The number of hydrogen-bond donors (Lipinski definition) is 0. The molecular formula is C15H13F3O. The van der Waals surface area contributed by atoms with Crippen LogP contribution in [0.25, 0.3) is 10.8 Å². The third kappa shape index (κ3) is 3.34. The summed E-state index contributed by atoms with van der Waals surface area (Å²) >= 11 is 0. The van der Waals surface area contributed by atoms with E-state index in [0.29, 0.717) is 6.42 Å². The van der Waals surface area contributed by atoms with Gasteiger partial charge in [-0.05, 0) is 29.2 Å². The van der Waals surface area contributed by atoms with Crippen LogP contribution >= 0.6 is 0 Å². The first-order valence-corrected chi connectivity index (χ1v) is 6.05. The Labute approximate surface area is 109 Å². The van der Waals surface area contributed by atoms with E-state index in [-0.39, 0.29) is 6.42 Å². The van der Waals surface area contributed by atoms with Crippen LogP contribution in [0.2, 0.25) is 0 Å². The molecule has 0 aliphatic carbocycles. The molecule has 0 aliphatic heterocycles. The van der Waals surface area contributed by atoms with E-state index in [4.69, 9.17) is 0 Å². The average Bonchev–Trinajstić information content (AvgIpc) is 2.38. The summed E-state index contributed by atoms with van der Waals surface area (Å²) in [6.45, 7) is 0. The Balaban J connectivity index is 2.05. The maximum absolute atomic E-state index is 12.1. The quantitative estimate of drug-likeness (QED) is 0.806. The molecule has 4 heteroatoms. The highest BCUT2D eigenvalue weighted by Crippen LogP contribution is 2.22. The summed E-state index contributed by atoms with van der Waals surface area (Å²) in [7, 11) is 0. The van der Waals surface area contributed by atoms with Crippen molar-refractivity contribution in [3.8, 4) is 0 Å². The highest BCUT2D eigenvalue weighted by molar-refractivity contribution is 5.86. The molecule has 0 spiro atoms. The highest BCUT2D eigenvalue weighted by Gasteiger charge is 2.37. The summed E-state index contributed by atoms with van der Waals surface area (Å²) in [6, 6.07) is 13.4. The van der Waals surface area contributed by atoms with E-state index >= 15 is 0 Å². The van der Waals surface area contributed by atoms with Gasteiger partial charge in [0.25, 0.3) is 0 Å². The summed E-state index contributed by atoms with van der Waals surface area (Å²) in [4.78, 5) is 10.8. The summed E-state index contributed by atoms with van der Waals surface area (Å²) in [5.41, 5.74) is 0.980. The molecule has 0 amide bonds. The zero-order valence-corrected chi connectivity index (χ0v) is 10.2. The van der Waals surface area contributed by atoms with E-state index in [1.165, 1.54) is 0 Å². The molecule has 0 fully saturated rings. The molecule has 0 radical (unpaired) electrons. The first-order valence-electron chi connectivity index (χ1n) is 6.05. The van der Waals surface area contributed by atoms with Crippen LogP contribution in [0.3, 0.4) is 0 Å². The molecule has 2 rings (SSSR count). The number of carbonyl (C=O) groups excluding carboxylic acids is 1. The fraction of sp³-hybridized carbons (Fsp3) is 0.267. The topological polar surface area (TPSA) is 17.1 Å². The number of carbonyl (C=O) groups is 1. The number of hydrogen-bond acceptors (Lipinski definition) is 1. The van der Waals surface area contributed by atoms with Crippen molar-refractivity contribution in [2.75, 3.05) is 0 Å². The number of halogens is 3. The van der Waals surface area contributed by atoms with E-state index < -0.39 is 18.4 Å². The SMILES string of the molecule is O=C(CCCc1cccc2ccccc12)C(F)(F)F. The lowest BCUT2D eigenvalue weighted by molar-refractivity contribution is -0.171. The van der Waals surface area contributed by atoms with Crippen molar-refractivity contribution in [2.24, 2.45) is 0 Å². The summed E-state index contributed by atoms with van der Waals surface area (Å²) in [5, 5.41) is 2.09. The Morgan fingerprint density at radius 1 is 1.00 bits per heavy atom. The maximum Gasteiger partial charge on any atom is 0.449 e. The molecule has 1 nitrogen and oxygen atoms in total. The lowest BCUT2D eigenvalue weighted by atomic mass is 9.99. The third-order valence-corrected chi connectivity index (χ3v) is 3.05. The van der Waals surface area contributed by atoms with Gasteiger partial charge in [0.1, 0.15) is 0 Å². The molecule has 0 atom stereocenters. The number of rotatable bonds is 4. The molecule has 0 aromatic heterocycles. The fourth-order valence-electron chi connectivity index (χ4n) is 2.09. The predicted octanol–water partition coefficient (Wildman–Crippen LogP) is 4.29. The van der Waals surface area contributed by atoms with Crippen LogP contribution in [-0.2, 0) is 11.2 Å². The van der Waals surface area contributed by atoms with Gasteiger partial charge in [0, 0.05) is 6.42 Å². The van der Waals surface area contributed by atoms with E-state index in [0.717, 1.165) is 16.3 Å². The van der Waals surface area contributed by atoms with Gasteiger partial charge in [-0.3, -0.25) is 4.79 Å². The van der Waals surface area contributed by atoms with Gasteiger partial charge in [-0.15, -0.1) is 0 Å². The molecule has 2 aromatic carbocycles. The fourth-order valence-corrected chi connectivity index (χ4v) is 2.09. The molecule has 0 saturated heterocycles. The predicted molar refractivity (Wildman–Crippen MR) is 67.9 cm³/mol. The first kappa shape index (κ1) is 13.6. The van der Waals surface area contributed by atoms with Gasteiger partial charge in [-0.1, -0.05) is 42.5 Å². The number of aryl methyl sites for hydroxylation is 1. The van der Waals surface area contributed by atoms with E-state index in [1.54, 1.807) is 0 Å². The maximum atomic E-state index is 12.1. The number of benzene rings is 2. The van der Waals surface area contributed by atoms with E-state index in [9.17, 15) is 18.0 Å². The second-order valence-electron chi connectivity index (χ2n) is 4.41. The van der Waals surface area contributed by atoms with Crippen LogP contribution in [-0.4, -0.2) is 12.0 Å². The van der Waals surface area contributed by atoms with Crippen molar-refractivity contribution >= 4 is 16.6 Å². The first-order chi connectivity index (χ1) is 8.98. The van der Waals surface area contributed by atoms with Gasteiger partial charge < -0.3 is 0 Å². The second kappa shape index (κ2) is 5.43. The van der Waals surface area contributed by atoms with E-state index in [1.807, 2.05) is 42.5 Å². The van der Waals surface area contributed by atoms with Crippen LogP contribution in [0.5, 0.6) is 0 Å². The van der Waals surface area contributed by atoms with Crippen LogP contribution < -0.4 is 0 Å². The highest BCUT2D eigenvalue weighted by atomic mass is 19.4. The average molecular weight is 266 g/mol. The monoisotopic (exact) mass is 266 g/mol. The van der Waals surface area contributed by atoms with E-state index in [2.05, 4.69) is 0 Å². The van der Waals surface area contributed by atoms with Crippen molar-refractivity contribution < 1.29 is 18.0 Å². The van der Waals surface area contributed by atoms with Gasteiger partial charge >= 0.3 is 6.18 Å². The standard InChI is InChI=1S/C15H13F3O/c16-15(17,18)14(19)10-4-8-12-7-3-6-11-5-1-2-9-13(11)12/h1-3,5-7,9H,4,8,10H2. The van der Waals surface area contributed by atoms with Crippen LogP contribution in [0.15, 0.2) is 42.5 Å². The Morgan fingerprint density at radius 2 is 1.68 bits per heavy atom. The zero-order valence-electron chi connectivity index (χ0n) is 10.2. The molecule has 19 heavy (non-hydrogen) atoms. The van der Waals surface area contributed by atoms with Crippen molar-refractivity contribution in [1.29, 1.82) is 0 Å². The third-order valence-electron chi connectivity index (χ3n) is 3.05. The van der Waals surface area contributed by atoms with Crippen LogP contribution in [0.1, 0.15) is 18.4 Å². The van der Waals surface area contributed by atoms with Crippen molar-refractivity contribution in [3.05, 3.63) is 48.0 Å². The lowest BCUT2D eigenvalue weighted by Crippen LogP contribution is -2.22. The molecule has 2 aromatic rings. The molecule has 0 saturated carbocycles. The number of ketones is 1. The zero-order chi connectivity index (χ0) is 13.9. The number of alkyl halides is 3. The summed E-state index contributed by atoms with van der Waals surface area (Å²) in [6.07, 6.45) is -4.47. The Morgan fingerprint density at radius 3 is 2.42 bits per heavy atom. The van der Waals surface area contributed by atoms with Gasteiger partial charge in [-0.25, -0.2) is 0 Å². The molecule has 100 valence electrons. The molecule has 0 heterocycles. The minimum atomic E-state index is -4.71. The minimum Gasteiger partial charge on any atom is -0.290 e. The Hall–Kier alpha value is -1.84. The molecular weight excluding hydrogens is 253 g/mol. The van der Waals surface area contributed by atoms with Gasteiger partial charge in [-0.2, -0.15) is 13.2 Å². The Bertz CT molecular complexity index is 582. The van der Waals surface area contributed by atoms with Gasteiger partial charge in [0.05, 0.1) is 0 Å².